The van der Waals surface area contributed by atoms with Crippen LogP contribution in [0.1, 0.15) is 29.8 Å². The van der Waals surface area contributed by atoms with Gasteiger partial charge in [-0.3, -0.25) is 4.98 Å². The lowest BCUT2D eigenvalue weighted by atomic mass is 9.96. The molecule has 104 valence electrons. The van der Waals surface area contributed by atoms with E-state index < -0.39 is 0 Å². The quantitative estimate of drug-likeness (QED) is 0.656. The van der Waals surface area contributed by atoms with Crippen LogP contribution in [-0.2, 0) is 0 Å². The second-order valence-electron chi connectivity index (χ2n) is 4.65. The number of fused-ring (bicyclic) bond motifs is 1. The van der Waals surface area contributed by atoms with Gasteiger partial charge in [-0.2, -0.15) is 0 Å². The largest absolute Gasteiger partial charge is 0.484 e. The third-order valence-electron chi connectivity index (χ3n) is 3.25. The number of hydrogen-bond donors (Lipinski definition) is 1. The molecule has 6 heteroatoms. The Morgan fingerprint density at radius 1 is 1.15 bits per heavy atom. The van der Waals surface area contributed by atoms with Crippen LogP contribution in [0.3, 0.4) is 0 Å². The van der Waals surface area contributed by atoms with Gasteiger partial charge in [0.1, 0.15) is 11.9 Å². The van der Waals surface area contributed by atoms with E-state index in [1.165, 1.54) is 0 Å². The first kappa shape index (κ1) is 14.5. The van der Waals surface area contributed by atoms with E-state index >= 15 is 0 Å². The van der Waals surface area contributed by atoms with Crippen molar-refractivity contribution in [3.63, 3.8) is 0 Å². The highest BCUT2D eigenvalue weighted by atomic mass is 79.9. The van der Waals surface area contributed by atoms with E-state index in [1.807, 2.05) is 24.3 Å². The zero-order chi connectivity index (χ0) is 14.3. The Balaban J connectivity index is 1.97. The van der Waals surface area contributed by atoms with Gasteiger partial charge >= 0.3 is 0 Å². The summed E-state index contributed by atoms with van der Waals surface area (Å²) in [6, 6.07) is 7.82. The first-order valence-corrected chi connectivity index (χ1v) is 8.45. The summed E-state index contributed by atoms with van der Waals surface area (Å²) in [6.45, 7) is 0. The molecule has 1 aliphatic rings. The van der Waals surface area contributed by atoms with Crippen molar-refractivity contribution in [3.05, 3.63) is 55.1 Å². The van der Waals surface area contributed by atoms with Crippen molar-refractivity contribution in [2.75, 3.05) is 0 Å². The molecular weight excluding hydrogens is 452 g/mol. The van der Waals surface area contributed by atoms with Crippen molar-refractivity contribution >= 4 is 47.8 Å². The Hall–Kier alpha value is -0.430. The van der Waals surface area contributed by atoms with Crippen molar-refractivity contribution < 1.29 is 4.74 Å². The van der Waals surface area contributed by atoms with E-state index in [2.05, 4.69) is 52.8 Å². The lowest BCUT2D eigenvalue weighted by Crippen LogP contribution is -2.25. The summed E-state index contributed by atoms with van der Waals surface area (Å²) in [5.41, 5.74) is 8.17. The molecule has 0 amide bonds. The summed E-state index contributed by atoms with van der Waals surface area (Å²) >= 11 is 10.4. The predicted octanol–water partition coefficient (Wildman–Crippen LogP) is 4.89. The maximum absolute atomic E-state index is 6.27. The number of aromatic nitrogens is 1. The van der Waals surface area contributed by atoms with Crippen LogP contribution in [0.5, 0.6) is 5.75 Å². The third kappa shape index (κ3) is 2.79. The second kappa shape index (κ2) is 5.75. The molecule has 1 aromatic carbocycles. The minimum atomic E-state index is -0.138. The van der Waals surface area contributed by atoms with Gasteiger partial charge < -0.3 is 10.5 Å². The molecule has 2 N–H and O–H groups in total. The number of benzene rings is 1. The smallest absolute Gasteiger partial charge is 0.143 e. The molecule has 1 aromatic heterocycles. The van der Waals surface area contributed by atoms with Gasteiger partial charge in [-0.15, -0.1) is 0 Å². The van der Waals surface area contributed by atoms with Crippen molar-refractivity contribution in [2.45, 2.75) is 18.6 Å². The van der Waals surface area contributed by atoms with Crippen molar-refractivity contribution in [1.29, 1.82) is 0 Å². The third-order valence-corrected chi connectivity index (χ3v) is 4.81. The van der Waals surface area contributed by atoms with E-state index in [-0.39, 0.29) is 12.1 Å². The van der Waals surface area contributed by atoms with Crippen LogP contribution in [0.4, 0.5) is 0 Å². The maximum Gasteiger partial charge on any atom is 0.143 e. The fourth-order valence-electron chi connectivity index (χ4n) is 2.30. The van der Waals surface area contributed by atoms with Crippen molar-refractivity contribution in [3.8, 4) is 5.75 Å². The molecule has 2 aromatic rings. The molecule has 1 aliphatic heterocycles. The molecule has 0 radical (unpaired) electrons. The molecule has 0 bridgehead atoms. The summed E-state index contributed by atoms with van der Waals surface area (Å²) in [5.74, 6) is 0.827. The summed E-state index contributed by atoms with van der Waals surface area (Å²) < 4.78 is 8.92. The zero-order valence-electron chi connectivity index (χ0n) is 10.3. The number of nitrogens with two attached hydrogens (primary N) is 1. The van der Waals surface area contributed by atoms with Crippen LogP contribution in [0, 0.1) is 0 Å². The highest BCUT2D eigenvalue weighted by Gasteiger charge is 2.29. The molecule has 3 nitrogen and oxygen atoms in total. The van der Waals surface area contributed by atoms with E-state index in [0.717, 1.165) is 30.4 Å². The summed E-state index contributed by atoms with van der Waals surface area (Å²) in [4.78, 5) is 4.44. The average Bonchev–Trinajstić information content (AvgIpc) is 2.39. The lowest BCUT2D eigenvalue weighted by molar-refractivity contribution is 0.156. The van der Waals surface area contributed by atoms with Crippen molar-refractivity contribution in [2.24, 2.45) is 5.73 Å². The number of hydrogen-bond acceptors (Lipinski definition) is 3. The Labute approximate surface area is 142 Å². The molecular formula is C14H11Br3N2O. The van der Waals surface area contributed by atoms with Gasteiger partial charge in [-0.25, -0.2) is 0 Å². The van der Waals surface area contributed by atoms with E-state index in [9.17, 15) is 0 Å². The maximum atomic E-state index is 6.27. The lowest BCUT2D eigenvalue weighted by Gasteiger charge is -2.30. The first-order chi connectivity index (χ1) is 9.54. The normalized spacial score (nSPS) is 21.2. The fraction of sp³-hybridized carbons (Fsp3) is 0.214. The minimum Gasteiger partial charge on any atom is -0.484 e. The zero-order valence-corrected chi connectivity index (χ0v) is 15.1. The Morgan fingerprint density at radius 3 is 2.70 bits per heavy atom. The number of nitrogens with zero attached hydrogens (tertiary/aromatic N) is 1. The second-order valence-corrected chi connectivity index (χ2v) is 7.34. The summed E-state index contributed by atoms with van der Waals surface area (Å²) in [6.07, 6.45) is 2.34. The van der Waals surface area contributed by atoms with Gasteiger partial charge in [-0.1, -0.05) is 15.9 Å². The molecule has 2 atom stereocenters. The Morgan fingerprint density at radius 2 is 1.95 bits per heavy atom. The van der Waals surface area contributed by atoms with Crippen LogP contribution in [0.2, 0.25) is 0 Å². The molecule has 0 spiro atoms. The highest BCUT2D eigenvalue weighted by Crippen LogP contribution is 2.41. The molecule has 3 rings (SSSR count). The van der Waals surface area contributed by atoms with Gasteiger partial charge in [0.15, 0.2) is 0 Å². The number of halogens is 3. The predicted molar refractivity (Wildman–Crippen MR) is 88.7 cm³/mol. The average molecular weight is 463 g/mol. The van der Waals surface area contributed by atoms with Gasteiger partial charge in [0.05, 0.1) is 5.69 Å². The van der Waals surface area contributed by atoms with Crippen molar-refractivity contribution in [1.82, 2.24) is 4.98 Å². The van der Waals surface area contributed by atoms with Crippen LogP contribution >= 0.6 is 47.8 Å². The highest BCUT2D eigenvalue weighted by molar-refractivity contribution is 9.11. The summed E-state index contributed by atoms with van der Waals surface area (Å²) in [7, 11) is 0. The summed E-state index contributed by atoms with van der Waals surface area (Å²) in [5, 5.41) is 0. The van der Waals surface area contributed by atoms with E-state index in [4.69, 9.17) is 10.5 Å². The molecule has 0 aliphatic carbocycles. The van der Waals surface area contributed by atoms with Gasteiger partial charge in [0.2, 0.25) is 0 Å². The van der Waals surface area contributed by atoms with Crippen LogP contribution in [0.15, 0.2) is 43.9 Å². The molecule has 20 heavy (non-hydrogen) atoms. The molecule has 0 fully saturated rings. The number of pyridine rings is 1. The Kier molecular flexibility index (Phi) is 4.17. The van der Waals surface area contributed by atoms with Crippen LogP contribution < -0.4 is 10.5 Å². The minimum absolute atomic E-state index is 0.0569. The molecule has 0 saturated carbocycles. The van der Waals surface area contributed by atoms with Gasteiger partial charge in [-0.05, 0) is 56.1 Å². The Bertz CT molecular complexity index is 663. The molecule has 0 saturated heterocycles. The topological polar surface area (TPSA) is 48.1 Å². The van der Waals surface area contributed by atoms with E-state index in [1.54, 1.807) is 6.20 Å². The molecule has 2 heterocycles. The SMILES string of the molecule is N[C@H]1CC(c2ncc(Br)cc2Br)Oc2ccc(Br)cc21. The standard InChI is InChI=1S/C14H11Br3N2O/c15-7-1-2-12-9(3-7)11(18)5-13(20-12)14-10(17)4-8(16)6-19-14/h1-4,6,11,13H,5,18H2/t11-,13?/m0/s1. The molecule has 1 unspecified atom stereocenters. The van der Waals surface area contributed by atoms with Crippen LogP contribution in [0.25, 0.3) is 0 Å². The fourth-order valence-corrected chi connectivity index (χ4v) is 3.93. The number of ether oxygens (including phenoxy) is 1. The van der Waals surface area contributed by atoms with Crippen LogP contribution in [-0.4, -0.2) is 4.98 Å². The van der Waals surface area contributed by atoms with E-state index in [0.29, 0.717) is 6.42 Å². The number of rotatable bonds is 1. The van der Waals surface area contributed by atoms with Gasteiger partial charge in [0, 0.05) is 37.6 Å². The van der Waals surface area contributed by atoms with Gasteiger partial charge in [0.25, 0.3) is 0 Å². The first-order valence-electron chi connectivity index (χ1n) is 6.07. The monoisotopic (exact) mass is 460 g/mol.